The summed E-state index contributed by atoms with van der Waals surface area (Å²) in [5.41, 5.74) is 8.78. The molecule has 2 nitrogen and oxygen atoms in total. The van der Waals surface area contributed by atoms with Crippen molar-refractivity contribution in [2.45, 2.75) is 58.4 Å². The molecule has 2 rings (SSSR count). The van der Waals surface area contributed by atoms with Gasteiger partial charge < -0.3 is 5.73 Å². The molecule has 0 amide bonds. The van der Waals surface area contributed by atoms with Crippen LogP contribution in [-0.2, 0) is 5.41 Å². The van der Waals surface area contributed by atoms with Crippen LogP contribution >= 0.6 is 0 Å². The van der Waals surface area contributed by atoms with E-state index in [0.29, 0.717) is 6.04 Å². The highest BCUT2D eigenvalue weighted by atomic mass is 15.2. The molecule has 0 radical (unpaired) electrons. The predicted octanol–water partition coefficient (Wildman–Crippen LogP) is 4.11. The fourth-order valence-corrected chi connectivity index (χ4v) is 3.34. The molecule has 0 aliphatic carbocycles. The summed E-state index contributed by atoms with van der Waals surface area (Å²) < 4.78 is 0. The standard InChI is InChI=1S/C19H32N2/c1-15(21-13-10-16(9-12-20)11-14-21)17-5-7-18(8-6-17)19(2,3)4/h5-8,15-16H,9-14,20H2,1-4H3. The molecule has 21 heavy (non-hydrogen) atoms. The number of piperidine rings is 1. The smallest absolute Gasteiger partial charge is 0.0319 e. The molecule has 0 aromatic heterocycles. The molecule has 0 saturated carbocycles. The van der Waals surface area contributed by atoms with Gasteiger partial charge >= 0.3 is 0 Å². The number of benzene rings is 1. The number of nitrogens with two attached hydrogens (primary N) is 1. The first-order valence-electron chi connectivity index (χ1n) is 8.46. The summed E-state index contributed by atoms with van der Waals surface area (Å²) in [6.45, 7) is 12.4. The Hall–Kier alpha value is -0.860. The molecule has 1 aromatic carbocycles. The monoisotopic (exact) mass is 288 g/mol. The Morgan fingerprint density at radius 3 is 2.19 bits per heavy atom. The Kier molecular flexibility index (Phi) is 5.45. The molecule has 1 atom stereocenters. The maximum atomic E-state index is 5.68. The fraction of sp³-hybridized carbons (Fsp3) is 0.684. The first kappa shape index (κ1) is 16.5. The van der Waals surface area contributed by atoms with E-state index in [9.17, 15) is 0 Å². The zero-order valence-electron chi connectivity index (χ0n) is 14.2. The number of hydrogen-bond acceptors (Lipinski definition) is 2. The minimum atomic E-state index is 0.238. The van der Waals surface area contributed by atoms with Gasteiger partial charge in [0, 0.05) is 6.04 Å². The molecule has 1 heterocycles. The normalized spacial score (nSPS) is 19.7. The van der Waals surface area contributed by atoms with E-state index >= 15 is 0 Å². The lowest BCUT2D eigenvalue weighted by Gasteiger charge is -2.36. The van der Waals surface area contributed by atoms with Crippen molar-refractivity contribution < 1.29 is 0 Å². The van der Waals surface area contributed by atoms with Crippen LogP contribution in [0.15, 0.2) is 24.3 Å². The Bertz CT molecular complexity index is 422. The van der Waals surface area contributed by atoms with Crippen LogP contribution in [0.2, 0.25) is 0 Å². The van der Waals surface area contributed by atoms with E-state index in [1.807, 2.05) is 0 Å². The molecule has 1 saturated heterocycles. The summed E-state index contributed by atoms with van der Waals surface area (Å²) in [6.07, 6.45) is 3.81. The third-order valence-corrected chi connectivity index (χ3v) is 5.03. The van der Waals surface area contributed by atoms with Crippen molar-refractivity contribution in [2.24, 2.45) is 11.7 Å². The average molecular weight is 288 g/mol. The van der Waals surface area contributed by atoms with E-state index in [4.69, 9.17) is 5.73 Å². The zero-order chi connectivity index (χ0) is 15.5. The number of hydrogen-bond donors (Lipinski definition) is 1. The van der Waals surface area contributed by atoms with E-state index in [1.165, 1.54) is 43.5 Å². The van der Waals surface area contributed by atoms with Crippen molar-refractivity contribution >= 4 is 0 Å². The number of nitrogens with zero attached hydrogens (tertiary/aromatic N) is 1. The Labute approximate surface area is 130 Å². The lowest BCUT2D eigenvalue weighted by Crippen LogP contribution is -2.36. The molecular weight excluding hydrogens is 256 g/mol. The van der Waals surface area contributed by atoms with Crippen molar-refractivity contribution in [1.82, 2.24) is 4.90 Å². The molecule has 1 unspecified atom stereocenters. The maximum absolute atomic E-state index is 5.68. The average Bonchev–Trinajstić information content (AvgIpc) is 2.47. The first-order chi connectivity index (χ1) is 9.91. The van der Waals surface area contributed by atoms with Gasteiger partial charge in [0.05, 0.1) is 0 Å². The zero-order valence-corrected chi connectivity index (χ0v) is 14.2. The summed E-state index contributed by atoms with van der Waals surface area (Å²) in [5, 5.41) is 0. The van der Waals surface area contributed by atoms with Crippen molar-refractivity contribution in [2.75, 3.05) is 19.6 Å². The topological polar surface area (TPSA) is 29.3 Å². The van der Waals surface area contributed by atoms with Gasteiger partial charge in [0.15, 0.2) is 0 Å². The molecule has 0 bridgehead atoms. The van der Waals surface area contributed by atoms with Gasteiger partial charge in [0.2, 0.25) is 0 Å². The quantitative estimate of drug-likeness (QED) is 0.903. The van der Waals surface area contributed by atoms with Crippen molar-refractivity contribution in [3.63, 3.8) is 0 Å². The minimum Gasteiger partial charge on any atom is -0.330 e. The highest BCUT2D eigenvalue weighted by molar-refractivity contribution is 5.29. The Balaban J connectivity index is 1.96. The van der Waals surface area contributed by atoms with E-state index in [2.05, 4.69) is 56.9 Å². The molecule has 2 N–H and O–H groups in total. The van der Waals surface area contributed by atoms with Crippen molar-refractivity contribution in [3.05, 3.63) is 35.4 Å². The second-order valence-electron chi connectivity index (χ2n) is 7.60. The Morgan fingerprint density at radius 1 is 1.14 bits per heavy atom. The molecule has 1 aliphatic heterocycles. The van der Waals surface area contributed by atoms with E-state index in [-0.39, 0.29) is 5.41 Å². The van der Waals surface area contributed by atoms with Gasteiger partial charge in [-0.25, -0.2) is 0 Å². The van der Waals surface area contributed by atoms with E-state index in [1.54, 1.807) is 0 Å². The molecule has 1 fully saturated rings. The lowest BCUT2D eigenvalue weighted by atomic mass is 9.86. The third kappa shape index (κ3) is 4.31. The lowest BCUT2D eigenvalue weighted by molar-refractivity contribution is 0.138. The predicted molar refractivity (Wildman–Crippen MR) is 91.5 cm³/mol. The second kappa shape index (κ2) is 6.93. The van der Waals surface area contributed by atoms with Crippen LogP contribution in [0.1, 0.15) is 64.1 Å². The van der Waals surface area contributed by atoms with Gasteiger partial charge in [0.1, 0.15) is 0 Å². The molecule has 2 heteroatoms. The van der Waals surface area contributed by atoms with Crippen LogP contribution in [0.25, 0.3) is 0 Å². The fourth-order valence-electron chi connectivity index (χ4n) is 3.34. The van der Waals surface area contributed by atoms with E-state index < -0.39 is 0 Å². The van der Waals surface area contributed by atoms with Crippen LogP contribution in [0.4, 0.5) is 0 Å². The van der Waals surface area contributed by atoms with Gasteiger partial charge in [0.25, 0.3) is 0 Å². The second-order valence-corrected chi connectivity index (χ2v) is 7.60. The molecular formula is C19H32N2. The van der Waals surface area contributed by atoms with Crippen molar-refractivity contribution in [1.29, 1.82) is 0 Å². The highest BCUT2D eigenvalue weighted by Crippen LogP contribution is 2.29. The summed E-state index contributed by atoms with van der Waals surface area (Å²) in [7, 11) is 0. The highest BCUT2D eigenvalue weighted by Gasteiger charge is 2.23. The summed E-state index contributed by atoms with van der Waals surface area (Å²) >= 11 is 0. The molecule has 0 spiro atoms. The number of rotatable bonds is 4. The van der Waals surface area contributed by atoms with Gasteiger partial charge in [-0.3, -0.25) is 4.90 Å². The molecule has 1 aromatic rings. The summed E-state index contributed by atoms with van der Waals surface area (Å²) in [6, 6.07) is 9.76. The summed E-state index contributed by atoms with van der Waals surface area (Å²) in [5.74, 6) is 0.849. The van der Waals surface area contributed by atoms with Gasteiger partial charge in [-0.05, 0) is 68.3 Å². The third-order valence-electron chi connectivity index (χ3n) is 5.03. The van der Waals surface area contributed by atoms with E-state index in [0.717, 1.165) is 12.5 Å². The maximum Gasteiger partial charge on any atom is 0.0319 e. The van der Waals surface area contributed by atoms with Crippen LogP contribution in [0.3, 0.4) is 0 Å². The largest absolute Gasteiger partial charge is 0.330 e. The molecule has 118 valence electrons. The Morgan fingerprint density at radius 2 is 1.71 bits per heavy atom. The van der Waals surface area contributed by atoms with Crippen LogP contribution in [0, 0.1) is 5.92 Å². The van der Waals surface area contributed by atoms with Crippen molar-refractivity contribution in [3.8, 4) is 0 Å². The minimum absolute atomic E-state index is 0.238. The van der Waals surface area contributed by atoms with Crippen LogP contribution in [-0.4, -0.2) is 24.5 Å². The van der Waals surface area contributed by atoms with Crippen LogP contribution in [0.5, 0.6) is 0 Å². The SMILES string of the molecule is CC(c1ccc(C(C)(C)C)cc1)N1CCC(CCN)CC1. The van der Waals surface area contributed by atoms with Crippen LogP contribution < -0.4 is 5.73 Å². The number of likely N-dealkylation sites (tertiary alicyclic amines) is 1. The van der Waals surface area contributed by atoms with Gasteiger partial charge in [-0.2, -0.15) is 0 Å². The van der Waals surface area contributed by atoms with Gasteiger partial charge in [-0.1, -0.05) is 45.0 Å². The van der Waals surface area contributed by atoms with Gasteiger partial charge in [-0.15, -0.1) is 0 Å². The first-order valence-corrected chi connectivity index (χ1v) is 8.46. The summed E-state index contributed by atoms with van der Waals surface area (Å²) in [4.78, 5) is 2.62. The molecule has 1 aliphatic rings.